The van der Waals surface area contributed by atoms with Crippen molar-refractivity contribution < 1.29 is 19.4 Å². The molecule has 0 aliphatic carbocycles. The molecule has 0 saturated heterocycles. The molecule has 1 amide bonds. The van der Waals surface area contributed by atoms with E-state index in [1.165, 1.54) is 0 Å². The summed E-state index contributed by atoms with van der Waals surface area (Å²) in [6, 6.07) is 10.3. The third kappa shape index (κ3) is 7.23. The van der Waals surface area contributed by atoms with Gasteiger partial charge in [-0.15, -0.1) is 6.58 Å². The lowest BCUT2D eigenvalue weighted by Gasteiger charge is -2.22. The third-order valence-corrected chi connectivity index (χ3v) is 6.15. The number of aliphatic hydroxyl groups excluding tert-OH is 1. The first-order valence-corrected chi connectivity index (χ1v) is 12.5. The molecular weight excluding hydrogens is 442 g/mol. The number of anilines is 1. The van der Waals surface area contributed by atoms with Gasteiger partial charge in [0.1, 0.15) is 6.61 Å². The van der Waals surface area contributed by atoms with Gasteiger partial charge in [-0.1, -0.05) is 18.2 Å². The molecule has 2 aromatic rings. The lowest BCUT2D eigenvalue weighted by molar-refractivity contribution is 0.100. The molecule has 0 spiro atoms. The van der Waals surface area contributed by atoms with Gasteiger partial charge in [0.15, 0.2) is 11.5 Å². The van der Waals surface area contributed by atoms with Crippen molar-refractivity contribution in [2.45, 2.75) is 45.6 Å². The third-order valence-electron chi connectivity index (χ3n) is 6.15. The van der Waals surface area contributed by atoms with Crippen molar-refractivity contribution >= 4 is 11.6 Å². The van der Waals surface area contributed by atoms with Gasteiger partial charge in [0.25, 0.3) is 5.91 Å². The number of nitrogens with zero attached hydrogens (tertiary/aromatic N) is 1. The van der Waals surface area contributed by atoms with Gasteiger partial charge in [-0.3, -0.25) is 4.79 Å². The van der Waals surface area contributed by atoms with Crippen LogP contribution < -0.4 is 25.4 Å². The Morgan fingerprint density at radius 2 is 2.09 bits per heavy atom. The molecule has 190 valence electrons. The smallest absolute Gasteiger partial charge is 0.250 e. The zero-order chi connectivity index (χ0) is 25.2. The maximum Gasteiger partial charge on any atom is 0.250 e. The van der Waals surface area contributed by atoms with Crippen LogP contribution in [0.3, 0.4) is 0 Å². The maximum absolute atomic E-state index is 12.2. The van der Waals surface area contributed by atoms with Crippen molar-refractivity contribution in [2.75, 3.05) is 44.4 Å². The Hall–Kier alpha value is -3.03. The van der Waals surface area contributed by atoms with Gasteiger partial charge < -0.3 is 30.5 Å². The summed E-state index contributed by atoms with van der Waals surface area (Å²) in [5, 5.41) is 12.7. The highest BCUT2D eigenvalue weighted by molar-refractivity contribution is 6.00. The minimum atomic E-state index is -0.405. The number of rotatable bonds is 15. The molecule has 0 radical (unpaired) electrons. The Labute approximate surface area is 208 Å². The van der Waals surface area contributed by atoms with Crippen LogP contribution in [0.15, 0.2) is 43.0 Å². The summed E-state index contributed by atoms with van der Waals surface area (Å²) < 4.78 is 11.7. The quantitative estimate of drug-likeness (QED) is 0.267. The summed E-state index contributed by atoms with van der Waals surface area (Å²) in [5.74, 6) is 1.09. The van der Waals surface area contributed by atoms with E-state index in [4.69, 9.17) is 15.2 Å². The topological polar surface area (TPSA) is 97.0 Å². The highest BCUT2D eigenvalue weighted by atomic mass is 16.5. The Morgan fingerprint density at radius 3 is 2.80 bits per heavy atom. The summed E-state index contributed by atoms with van der Waals surface area (Å²) in [6.07, 6.45) is 5.01. The summed E-state index contributed by atoms with van der Waals surface area (Å²) in [4.78, 5) is 14.4. The lowest BCUT2D eigenvalue weighted by atomic mass is 9.98. The number of allylic oxidation sites excluding steroid dienone is 1. The first kappa shape index (κ1) is 26.6. The van der Waals surface area contributed by atoms with E-state index in [1.54, 1.807) is 0 Å². The number of carbonyl (C=O) groups is 1. The van der Waals surface area contributed by atoms with Crippen molar-refractivity contribution in [3.63, 3.8) is 0 Å². The predicted octanol–water partition coefficient (Wildman–Crippen LogP) is 3.26. The van der Waals surface area contributed by atoms with E-state index in [0.717, 1.165) is 66.2 Å². The van der Waals surface area contributed by atoms with E-state index in [-0.39, 0.29) is 12.6 Å². The van der Waals surface area contributed by atoms with Gasteiger partial charge in [-0.25, -0.2) is 0 Å². The molecule has 0 bridgehead atoms. The summed E-state index contributed by atoms with van der Waals surface area (Å²) in [5.41, 5.74) is 10.6. The molecular formula is C28H39N3O4. The monoisotopic (exact) mass is 481 g/mol. The molecule has 3 rings (SSSR count). The molecule has 0 fully saturated rings. The van der Waals surface area contributed by atoms with Crippen LogP contribution in [0.4, 0.5) is 5.69 Å². The van der Waals surface area contributed by atoms with Gasteiger partial charge >= 0.3 is 0 Å². The predicted molar refractivity (Wildman–Crippen MR) is 141 cm³/mol. The van der Waals surface area contributed by atoms with Crippen molar-refractivity contribution in [1.29, 1.82) is 0 Å². The van der Waals surface area contributed by atoms with Crippen molar-refractivity contribution in [3.8, 4) is 11.5 Å². The first-order valence-electron chi connectivity index (χ1n) is 12.5. The molecule has 1 aliphatic heterocycles. The van der Waals surface area contributed by atoms with Crippen LogP contribution in [0.1, 0.15) is 47.3 Å². The highest BCUT2D eigenvalue weighted by Gasteiger charge is 2.25. The van der Waals surface area contributed by atoms with E-state index in [2.05, 4.69) is 29.8 Å². The number of primary amides is 1. The molecule has 0 aromatic heterocycles. The summed E-state index contributed by atoms with van der Waals surface area (Å²) in [7, 11) is 0. The Morgan fingerprint density at radius 1 is 1.26 bits per heavy atom. The van der Waals surface area contributed by atoms with Gasteiger partial charge in [0.05, 0.1) is 17.9 Å². The number of aliphatic hydroxyl groups is 1. The number of hydrogen-bond donors (Lipinski definition) is 3. The molecule has 1 aliphatic rings. The van der Waals surface area contributed by atoms with E-state index in [9.17, 15) is 9.90 Å². The van der Waals surface area contributed by atoms with E-state index >= 15 is 0 Å². The molecule has 7 heteroatoms. The summed E-state index contributed by atoms with van der Waals surface area (Å²) in [6.45, 7) is 11.4. The second-order valence-corrected chi connectivity index (χ2v) is 8.94. The van der Waals surface area contributed by atoms with Crippen LogP contribution in [0.2, 0.25) is 0 Å². The van der Waals surface area contributed by atoms with Crippen LogP contribution in [0, 0.1) is 0 Å². The number of hydrogen-bond acceptors (Lipinski definition) is 6. The minimum Gasteiger partial charge on any atom is -0.490 e. The molecule has 7 nitrogen and oxygen atoms in total. The molecule has 2 aromatic carbocycles. The SMILES string of the molecule is C=CCc1ccc(OCCNC(C)Cc2cc3c(c(C(N)=O)c2)N(CCCO)CC3)c(OCC)c1. The number of nitrogens with one attached hydrogen (secondary N) is 1. The van der Waals surface area contributed by atoms with Gasteiger partial charge in [0.2, 0.25) is 0 Å². The zero-order valence-electron chi connectivity index (χ0n) is 21.0. The number of fused-ring (bicyclic) bond motifs is 1. The number of benzene rings is 2. The van der Waals surface area contributed by atoms with Crippen molar-refractivity contribution in [2.24, 2.45) is 5.73 Å². The Kier molecular flexibility index (Phi) is 9.99. The normalized spacial score (nSPS) is 13.4. The van der Waals surface area contributed by atoms with Crippen LogP contribution in [-0.2, 0) is 19.3 Å². The lowest BCUT2D eigenvalue weighted by Crippen LogP contribution is -2.32. The average molecular weight is 482 g/mol. The van der Waals surface area contributed by atoms with Crippen molar-refractivity contribution in [3.05, 3.63) is 65.2 Å². The Balaban J connectivity index is 1.56. The zero-order valence-corrected chi connectivity index (χ0v) is 21.0. The van der Waals surface area contributed by atoms with E-state index in [0.29, 0.717) is 31.7 Å². The fourth-order valence-corrected chi connectivity index (χ4v) is 4.61. The van der Waals surface area contributed by atoms with Crippen LogP contribution in [0.5, 0.6) is 11.5 Å². The molecule has 4 N–H and O–H groups in total. The average Bonchev–Trinajstić information content (AvgIpc) is 3.24. The fraction of sp³-hybridized carbons (Fsp3) is 0.464. The number of ether oxygens (including phenoxy) is 2. The fourth-order valence-electron chi connectivity index (χ4n) is 4.61. The minimum absolute atomic E-state index is 0.135. The van der Waals surface area contributed by atoms with Gasteiger partial charge in [0, 0.05) is 32.3 Å². The number of carbonyl (C=O) groups excluding carboxylic acids is 1. The first-order chi connectivity index (χ1) is 17.0. The second-order valence-electron chi connectivity index (χ2n) is 8.94. The molecule has 1 unspecified atom stereocenters. The second kappa shape index (κ2) is 13.2. The maximum atomic E-state index is 12.2. The largest absolute Gasteiger partial charge is 0.490 e. The standard InChI is InChI=1S/C28H39N3O4/c1-4-7-21-8-9-25(26(19-21)34-5-2)35-15-11-30-20(3)16-22-17-23-10-13-31(12-6-14-32)27(23)24(18-22)28(29)33/h4,8-9,17-20,30,32H,1,5-7,10-16H2,2-3H3,(H2,29,33). The van der Waals surface area contributed by atoms with E-state index in [1.807, 2.05) is 37.3 Å². The molecule has 1 atom stereocenters. The molecule has 1 heterocycles. The van der Waals surface area contributed by atoms with Gasteiger partial charge in [-0.05, 0) is 74.4 Å². The molecule has 35 heavy (non-hydrogen) atoms. The van der Waals surface area contributed by atoms with Crippen LogP contribution in [0.25, 0.3) is 0 Å². The number of amides is 1. The van der Waals surface area contributed by atoms with Crippen LogP contribution in [-0.4, -0.2) is 56.5 Å². The Bertz CT molecular complexity index is 1010. The summed E-state index contributed by atoms with van der Waals surface area (Å²) >= 11 is 0. The van der Waals surface area contributed by atoms with Gasteiger partial charge in [-0.2, -0.15) is 0 Å². The highest BCUT2D eigenvalue weighted by Crippen LogP contribution is 2.33. The molecule has 0 saturated carbocycles. The van der Waals surface area contributed by atoms with Crippen molar-refractivity contribution in [1.82, 2.24) is 5.32 Å². The van der Waals surface area contributed by atoms with Crippen LogP contribution >= 0.6 is 0 Å². The van der Waals surface area contributed by atoms with E-state index < -0.39 is 5.91 Å². The number of nitrogens with two attached hydrogens (primary N) is 1.